The standard InChI is InChI=1S/C13H23N3O3/c17-12(18)10-15-5-2-6-16(8-7-15)13(19)11-3-1-4-14-9-11/h11,14H,1-10H2,(H,17,18). The van der Waals surface area contributed by atoms with Crippen molar-refractivity contribution < 1.29 is 14.7 Å². The quantitative estimate of drug-likeness (QED) is 0.730. The molecule has 1 unspecified atom stereocenters. The van der Waals surface area contributed by atoms with Crippen LogP contribution in [0.1, 0.15) is 19.3 Å². The highest BCUT2D eigenvalue weighted by Gasteiger charge is 2.27. The third kappa shape index (κ3) is 4.18. The molecule has 6 heteroatoms. The van der Waals surface area contributed by atoms with Gasteiger partial charge in [-0.3, -0.25) is 14.5 Å². The first-order valence-electron chi connectivity index (χ1n) is 7.10. The second-order valence-electron chi connectivity index (χ2n) is 5.39. The molecule has 2 rings (SSSR count). The summed E-state index contributed by atoms with van der Waals surface area (Å²) < 4.78 is 0. The lowest BCUT2D eigenvalue weighted by molar-refractivity contribution is -0.138. The Morgan fingerprint density at radius 3 is 2.68 bits per heavy atom. The molecule has 0 saturated carbocycles. The molecular formula is C13H23N3O3. The van der Waals surface area contributed by atoms with E-state index in [2.05, 4.69) is 5.32 Å². The molecule has 19 heavy (non-hydrogen) atoms. The molecule has 0 aliphatic carbocycles. The van der Waals surface area contributed by atoms with Gasteiger partial charge in [-0.2, -0.15) is 0 Å². The zero-order valence-corrected chi connectivity index (χ0v) is 11.3. The van der Waals surface area contributed by atoms with Crippen LogP contribution in [0.3, 0.4) is 0 Å². The Bertz CT molecular complexity index is 329. The fourth-order valence-electron chi connectivity index (χ4n) is 2.86. The van der Waals surface area contributed by atoms with Gasteiger partial charge in [-0.25, -0.2) is 0 Å². The van der Waals surface area contributed by atoms with Crippen molar-refractivity contribution in [3.05, 3.63) is 0 Å². The van der Waals surface area contributed by atoms with Crippen molar-refractivity contribution in [2.75, 3.05) is 45.8 Å². The Kier molecular flexibility index (Phi) is 5.15. The van der Waals surface area contributed by atoms with Crippen LogP contribution in [0.2, 0.25) is 0 Å². The van der Waals surface area contributed by atoms with Crippen molar-refractivity contribution in [2.45, 2.75) is 19.3 Å². The van der Waals surface area contributed by atoms with Crippen molar-refractivity contribution in [2.24, 2.45) is 5.92 Å². The molecule has 2 fully saturated rings. The molecule has 0 radical (unpaired) electrons. The Hall–Kier alpha value is -1.14. The molecule has 1 atom stereocenters. The molecule has 0 spiro atoms. The maximum Gasteiger partial charge on any atom is 0.317 e. The van der Waals surface area contributed by atoms with Crippen LogP contribution >= 0.6 is 0 Å². The third-order valence-corrected chi connectivity index (χ3v) is 3.91. The number of carboxylic acids is 1. The van der Waals surface area contributed by atoms with Crippen LogP contribution < -0.4 is 5.32 Å². The normalized spacial score (nSPS) is 25.9. The van der Waals surface area contributed by atoms with Gasteiger partial charge in [0.1, 0.15) is 0 Å². The molecule has 0 aromatic carbocycles. The molecule has 1 amide bonds. The molecule has 0 bridgehead atoms. The summed E-state index contributed by atoms with van der Waals surface area (Å²) in [6.45, 7) is 4.71. The Morgan fingerprint density at radius 1 is 1.16 bits per heavy atom. The highest BCUT2D eigenvalue weighted by molar-refractivity contribution is 5.79. The number of carbonyl (C=O) groups excluding carboxylic acids is 1. The van der Waals surface area contributed by atoms with E-state index in [0.717, 1.165) is 45.4 Å². The molecule has 0 aromatic heterocycles. The molecule has 2 heterocycles. The first kappa shape index (κ1) is 14.3. The van der Waals surface area contributed by atoms with Gasteiger partial charge in [-0.15, -0.1) is 0 Å². The van der Waals surface area contributed by atoms with Gasteiger partial charge in [0.15, 0.2) is 0 Å². The lowest BCUT2D eigenvalue weighted by atomic mass is 9.98. The van der Waals surface area contributed by atoms with Crippen LogP contribution in [0.15, 0.2) is 0 Å². The average Bonchev–Trinajstić information content (AvgIpc) is 2.64. The van der Waals surface area contributed by atoms with Gasteiger partial charge in [0.2, 0.25) is 5.91 Å². The van der Waals surface area contributed by atoms with Crippen LogP contribution in [0, 0.1) is 5.92 Å². The molecule has 2 aliphatic rings. The van der Waals surface area contributed by atoms with Crippen molar-refractivity contribution in [1.82, 2.24) is 15.1 Å². The first-order chi connectivity index (χ1) is 9.16. The zero-order valence-electron chi connectivity index (χ0n) is 11.3. The van der Waals surface area contributed by atoms with Crippen molar-refractivity contribution in [1.29, 1.82) is 0 Å². The van der Waals surface area contributed by atoms with E-state index >= 15 is 0 Å². The summed E-state index contributed by atoms with van der Waals surface area (Å²) in [6, 6.07) is 0. The van der Waals surface area contributed by atoms with Crippen LogP contribution in [-0.2, 0) is 9.59 Å². The van der Waals surface area contributed by atoms with Gasteiger partial charge in [-0.1, -0.05) is 0 Å². The minimum absolute atomic E-state index is 0.0764. The van der Waals surface area contributed by atoms with E-state index < -0.39 is 5.97 Å². The molecule has 2 aliphatic heterocycles. The summed E-state index contributed by atoms with van der Waals surface area (Å²) in [4.78, 5) is 26.9. The summed E-state index contributed by atoms with van der Waals surface area (Å²) in [5, 5.41) is 12.1. The smallest absolute Gasteiger partial charge is 0.317 e. The van der Waals surface area contributed by atoms with Gasteiger partial charge < -0.3 is 15.3 Å². The maximum absolute atomic E-state index is 12.4. The van der Waals surface area contributed by atoms with Crippen LogP contribution in [0.4, 0.5) is 0 Å². The number of carboxylic acid groups (broad SMARTS) is 1. The second-order valence-corrected chi connectivity index (χ2v) is 5.39. The monoisotopic (exact) mass is 269 g/mol. The first-order valence-corrected chi connectivity index (χ1v) is 7.10. The Balaban J connectivity index is 1.84. The van der Waals surface area contributed by atoms with E-state index in [1.54, 1.807) is 0 Å². The number of piperidine rings is 1. The summed E-state index contributed by atoms with van der Waals surface area (Å²) in [5.41, 5.74) is 0. The van der Waals surface area contributed by atoms with E-state index in [1.807, 2.05) is 9.80 Å². The number of nitrogens with zero attached hydrogens (tertiary/aromatic N) is 2. The third-order valence-electron chi connectivity index (χ3n) is 3.91. The van der Waals surface area contributed by atoms with Crippen LogP contribution in [0.25, 0.3) is 0 Å². The number of hydrogen-bond donors (Lipinski definition) is 2. The number of nitrogens with one attached hydrogen (secondary N) is 1. The highest BCUT2D eigenvalue weighted by atomic mass is 16.4. The molecule has 6 nitrogen and oxygen atoms in total. The maximum atomic E-state index is 12.4. The topological polar surface area (TPSA) is 72.9 Å². The van der Waals surface area contributed by atoms with Gasteiger partial charge in [0.25, 0.3) is 0 Å². The molecule has 2 N–H and O–H groups in total. The van der Waals surface area contributed by atoms with E-state index in [1.165, 1.54) is 0 Å². The minimum Gasteiger partial charge on any atom is -0.480 e. The summed E-state index contributed by atoms with van der Waals surface area (Å²) in [5.74, 6) is -0.444. The number of aliphatic carboxylic acids is 1. The summed E-state index contributed by atoms with van der Waals surface area (Å²) in [6.07, 6.45) is 2.90. The molecule has 108 valence electrons. The minimum atomic E-state index is -0.795. The fraction of sp³-hybridized carbons (Fsp3) is 0.846. The number of rotatable bonds is 3. The largest absolute Gasteiger partial charge is 0.480 e. The van der Waals surface area contributed by atoms with E-state index in [0.29, 0.717) is 13.1 Å². The van der Waals surface area contributed by atoms with Crippen molar-refractivity contribution >= 4 is 11.9 Å². The van der Waals surface area contributed by atoms with Gasteiger partial charge in [0, 0.05) is 32.7 Å². The molecule has 2 saturated heterocycles. The van der Waals surface area contributed by atoms with Gasteiger partial charge >= 0.3 is 5.97 Å². The van der Waals surface area contributed by atoms with Crippen molar-refractivity contribution in [3.8, 4) is 0 Å². The summed E-state index contributed by atoms with van der Waals surface area (Å²) in [7, 11) is 0. The second kappa shape index (κ2) is 6.86. The highest BCUT2D eigenvalue weighted by Crippen LogP contribution is 2.15. The zero-order chi connectivity index (χ0) is 13.7. The molecular weight excluding hydrogens is 246 g/mol. The van der Waals surface area contributed by atoms with Gasteiger partial charge in [0.05, 0.1) is 12.5 Å². The predicted octanol–water partition coefficient (Wildman–Crippen LogP) is -0.395. The fourth-order valence-corrected chi connectivity index (χ4v) is 2.86. The lowest BCUT2D eigenvalue weighted by Crippen LogP contribution is -2.44. The predicted molar refractivity (Wildman–Crippen MR) is 70.9 cm³/mol. The van der Waals surface area contributed by atoms with Crippen molar-refractivity contribution in [3.63, 3.8) is 0 Å². The molecule has 0 aromatic rings. The number of amides is 1. The van der Waals surface area contributed by atoms with Crippen LogP contribution in [0.5, 0.6) is 0 Å². The van der Waals surface area contributed by atoms with E-state index in [9.17, 15) is 9.59 Å². The Labute approximate surface area is 113 Å². The SMILES string of the molecule is O=C(O)CN1CCCN(C(=O)C2CCCNC2)CC1. The van der Waals surface area contributed by atoms with Crippen LogP contribution in [-0.4, -0.2) is 72.6 Å². The average molecular weight is 269 g/mol. The number of hydrogen-bond acceptors (Lipinski definition) is 4. The Morgan fingerprint density at radius 2 is 2.00 bits per heavy atom. The van der Waals surface area contributed by atoms with Gasteiger partial charge in [-0.05, 0) is 25.8 Å². The van der Waals surface area contributed by atoms with E-state index in [4.69, 9.17) is 5.11 Å². The lowest BCUT2D eigenvalue weighted by Gasteiger charge is -2.28. The number of carbonyl (C=O) groups is 2. The summed E-state index contributed by atoms with van der Waals surface area (Å²) >= 11 is 0. The van der Waals surface area contributed by atoms with E-state index in [-0.39, 0.29) is 18.4 Å².